The van der Waals surface area contributed by atoms with Crippen molar-refractivity contribution < 1.29 is 13.2 Å². The van der Waals surface area contributed by atoms with E-state index in [9.17, 15) is 13.2 Å². The van der Waals surface area contributed by atoms with Crippen molar-refractivity contribution in [1.29, 1.82) is 0 Å². The summed E-state index contributed by atoms with van der Waals surface area (Å²) >= 11 is 6.70. The standard InChI is InChI=1S/C6H6ClF3N2S/c7-4-1-12-5(13-4)2-11-3-6(8,9)10/h1,11H,2-3H2. The van der Waals surface area contributed by atoms with Crippen LogP contribution in [0.3, 0.4) is 0 Å². The van der Waals surface area contributed by atoms with Gasteiger partial charge in [-0.25, -0.2) is 4.98 Å². The molecule has 0 amide bonds. The molecule has 0 aromatic carbocycles. The highest BCUT2D eigenvalue weighted by Crippen LogP contribution is 2.18. The zero-order valence-corrected chi connectivity index (χ0v) is 7.93. The van der Waals surface area contributed by atoms with Gasteiger partial charge in [0.05, 0.1) is 12.7 Å². The molecular formula is C6H6ClF3N2S. The fourth-order valence-electron chi connectivity index (χ4n) is 0.681. The Morgan fingerprint density at radius 1 is 1.54 bits per heavy atom. The fraction of sp³-hybridized carbons (Fsp3) is 0.500. The number of nitrogens with one attached hydrogen (secondary N) is 1. The van der Waals surface area contributed by atoms with Crippen LogP contribution in [0, 0.1) is 0 Å². The van der Waals surface area contributed by atoms with Gasteiger partial charge in [-0.15, -0.1) is 11.3 Å². The van der Waals surface area contributed by atoms with Gasteiger partial charge >= 0.3 is 6.18 Å². The minimum Gasteiger partial charge on any atom is -0.302 e. The normalized spacial score (nSPS) is 12.0. The number of hydrogen-bond acceptors (Lipinski definition) is 3. The number of hydrogen-bond donors (Lipinski definition) is 1. The quantitative estimate of drug-likeness (QED) is 0.863. The largest absolute Gasteiger partial charge is 0.401 e. The van der Waals surface area contributed by atoms with Crippen LogP contribution in [0.5, 0.6) is 0 Å². The van der Waals surface area contributed by atoms with E-state index in [1.807, 2.05) is 0 Å². The van der Waals surface area contributed by atoms with Gasteiger partial charge in [0, 0.05) is 6.54 Å². The lowest BCUT2D eigenvalue weighted by Crippen LogP contribution is -2.28. The van der Waals surface area contributed by atoms with E-state index in [4.69, 9.17) is 11.6 Å². The van der Waals surface area contributed by atoms with Crippen LogP contribution < -0.4 is 5.32 Å². The number of aromatic nitrogens is 1. The second-order valence-corrected chi connectivity index (χ2v) is 4.02. The molecule has 0 atom stereocenters. The summed E-state index contributed by atoms with van der Waals surface area (Å²) in [6.45, 7) is -0.916. The molecule has 0 unspecified atom stereocenters. The second kappa shape index (κ2) is 4.26. The number of nitrogens with zero attached hydrogens (tertiary/aromatic N) is 1. The average molecular weight is 231 g/mol. The first kappa shape index (κ1) is 10.7. The fourth-order valence-corrected chi connectivity index (χ4v) is 1.61. The van der Waals surface area contributed by atoms with Crippen molar-refractivity contribution in [3.63, 3.8) is 0 Å². The lowest BCUT2D eigenvalue weighted by Gasteiger charge is -2.05. The summed E-state index contributed by atoms with van der Waals surface area (Å²) in [4.78, 5) is 3.79. The van der Waals surface area contributed by atoms with Crippen molar-refractivity contribution in [1.82, 2.24) is 10.3 Å². The van der Waals surface area contributed by atoms with Gasteiger partial charge < -0.3 is 5.32 Å². The van der Waals surface area contributed by atoms with Crippen LogP contribution in [0.2, 0.25) is 4.34 Å². The summed E-state index contributed by atoms with van der Waals surface area (Å²) in [5, 5.41) is 2.77. The van der Waals surface area contributed by atoms with Gasteiger partial charge in [-0.05, 0) is 0 Å². The highest BCUT2D eigenvalue weighted by atomic mass is 35.5. The second-order valence-electron chi connectivity index (χ2n) is 2.28. The Kier molecular flexibility index (Phi) is 3.52. The molecule has 1 heterocycles. The van der Waals surface area contributed by atoms with Crippen molar-refractivity contribution in [3.05, 3.63) is 15.5 Å². The van der Waals surface area contributed by atoms with Gasteiger partial charge in [0.1, 0.15) is 9.34 Å². The smallest absolute Gasteiger partial charge is 0.302 e. The van der Waals surface area contributed by atoms with Gasteiger partial charge in [-0.2, -0.15) is 13.2 Å². The zero-order chi connectivity index (χ0) is 9.90. The molecule has 74 valence electrons. The van der Waals surface area contributed by atoms with E-state index in [-0.39, 0.29) is 6.54 Å². The lowest BCUT2D eigenvalue weighted by molar-refractivity contribution is -0.125. The molecule has 0 fully saturated rings. The van der Waals surface area contributed by atoms with Crippen molar-refractivity contribution in [2.75, 3.05) is 6.54 Å². The van der Waals surface area contributed by atoms with Gasteiger partial charge in [-0.1, -0.05) is 11.6 Å². The number of alkyl halides is 3. The lowest BCUT2D eigenvalue weighted by atomic mass is 10.6. The Morgan fingerprint density at radius 2 is 2.23 bits per heavy atom. The minimum absolute atomic E-state index is 0.0941. The number of thiazole rings is 1. The topological polar surface area (TPSA) is 24.9 Å². The summed E-state index contributed by atoms with van der Waals surface area (Å²) in [5.74, 6) is 0. The monoisotopic (exact) mass is 230 g/mol. The highest BCUT2D eigenvalue weighted by molar-refractivity contribution is 7.15. The van der Waals surface area contributed by atoms with Gasteiger partial charge in [0.25, 0.3) is 0 Å². The minimum atomic E-state index is -4.18. The van der Waals surface area contributed by atoms with Crippen molar-refractivity contribution >= 4 is 22.9 Å². The third kappa shape index (κ3) is 4.44. The zero-order valence-electron chi connectivity index (χ0n) is 6.36. The number of halogens is 4. The molecule has 0 aliphatic carbocycles. The van der Waals surface area contributed by atoms with Crippen molar-refractivity contribution in [3.8, 4) is 0 Å². The summed E-state index contributed by atoms with van der Waals surface area (Å²) in [6.07, 6.45) is -2.77. The van der Waals surface area contributed by atoms with Gasteiger partial charge in [0.15, 0.2) is 0 Å². The predicted molar refractivity (Wildman–Crippen MR) is 44.9 cm³/mol. The first-order valence-electron chi connectivity index (χ1n) is 3.35. The van der Waals surface area contributed by atoms with E-state index in [1.165, 1.54) is 6.20 Å². The van der Waals surface area contributed by atoms with E-state index in [0.29, 0.717) is 9.34 Å². The molecule has 0 saturated carbocycles. The first-order chi connectivity index (χ1) is 5.97. The van der Waals surface area contributed by atoms with Crippen molar-refractivity contribution in [2.45, 2.75) is 12.7 Å². The van der Waals surface area contributed by atoms with Gasteiger partial charge in [-0.3, -0.25) is 0 Å². The molecule has 0 radical (unpaired) electrons. The van der Waals surface area contributed by atoms with Crippen molar-refractivity contribution in [2.24, 2.45) is 0 Å². The summed E-state index contributed by atoms with van der Waals surface area (Å²) in [7, 11) is 0. The maximum absolute atomic E-state index is 11.7. The van der Waals surface area contributed by atoms with Crippen LogP contribution in [0.25, 0.3) is 0 Å². The molecule has 0 bridgehead atoms. The molecule has 0 aliphatic rings. The molecule has 7 heteroatoms. The molecule has 1 rings (SSSR count). The molecule has 0 saturated heterocycles. The third-order valence-corrected chi connectivity index (χ3v) is 2.24. The molecule has 2 nitrogen and oxygen atoms in total. The van der Waals surface area contributed by atoms with Crippen LogP contribution in [-0.4, -0.2) is 17.7 Å². The Balaban J connectivity index is 2.28. The Bertz CT molecular complexity index is 273. The Labute approximate surface area is 81.7 Å². The summed E-state index contributed by atoms with van der Waals surface area (Å²) in [5.41, 5.74) is 0. The van der Waals surface area contributed by atoms with Gasteiger partial charge in [0.2, 0.25) is 0 Å². The SMILES string of the molecule is FC(F)(F)CNCc1ncc(Cl)s1. The van der Waals surface area contributed by atoms with E-state index in [0.717, 1.165) is 11.3 Å². The highest BCUT2D eigenvalue weighted by Gasteiger charge is 2.26. The summed E-state index contributed by atoms with van der Waals surface area (Å²) in [6, 6.07) is 0. The van der Waals surface area contributed by atoms with E-state index >= 15 is 0 Å². The van der Waals surface area contributed by atoms with E-state index in [1.54, 1.807) is 0 Å². The Hall–Kier alpha value is -0.330. The van der Waals surface area contributed by atoms with Crippen LogP contribution in [-0.2, 0) is 6.54 Å². The van der Waals surface area contributed by atoms with E-state index in [2.05, 4.69) is 10.3 Å². The summed E-state index contributed by atoms with van der Waals surface area (Å²) < 4.78 is 35.4. The van der Waals surface area contributed by atoms with Crippen LogP contribution in [0.1, 0.15) is 5.01 Å². The molecule has 1 N–H and O–H groups in total. The van der Waals surface area contributed by atoms with E-state index < -0.39 is 12.7 Å². The van der Waals surface area contributed by atoms with Crippen LogP contribution >= 0.6 is 22.9 Å². The van der Waals surface area contributed by atoms with Crippen LogP contribution in [0.4, 0.5) is 13.2 Å². The molecule has 1 aromatic rings. The molecule has 13 heavy (non-hydrogen) atoms. The molecule has 0 spiro atoms. The predicted octanol–water partition coefficient (Wildman–Crippen LogP) is 2.45. The molecule has 1 aromatic heterocycles. The average Bonchev–Trinajstić information content (AvgIpc) is 2.33. The Morgan fingerprint density at radius 3 is 2.69 bits per heavy atom. The third-order valence-electron chi connectivity index (χ3n) is 1.13. The first-order valence-corrected chi connectivity index (χ1v) is 4.54. The maximum Gasteiger partial charge on any atom is 0.401 e. The molecular weight excluding hydrogens is 225 g/mol. The van der Waals surface area contributed by atoms with Crippen LogP contribution in [0.15, 0.2) is 6.20 Å². The number of rotatable bonds is 3. The molecule has 0 aliphatic heterocycles. The maximum atomic E-state index is 11.7.